The first-order chi connectivity index (χ1) is 9.31. The van der Waals surface area contributed by atoms with Crippen molar-refractivity contribution >= 4 is 16.6 Å². The predicted molar refractivity (Wildman–Crippen MR) is 85.7 cm³/mol. The molecule has 0 unspecified atom stereocenters. The second-order valence-corrected chi connectivity index (χ2v) is 4.84. The van der Waals surface area contributed by atoms with Crippen molar-refractivity contribution in [1.82, 2.24) is 11.5 Å². The lowest BCUT2D eigenvalue weighted by Crippen LogP contribution is -2.19. The topological polar surface area (TPSA) is 64.1 Å². The zero-order valence-electron chi connectivity index (χ0n) is 12.2. The Labute approximate surface area is 121 Å². The summed E-state index contributed by atoms with van der Waals surface area (Å²) in [6.45, 7) is 3.94. The largest absolute Gasteiger partial charge is 0.344 e. The van der Waals surface area contributed by atoms with Crippen LogP contribution >= 0.6 is 0 Å². The highest BCUT2D eigenvalue weighted by atomic mass is 16.1. The Morgan fingerprint density at radius 2 is 1.80 bits per heavy atom. The molecule has 3 heteroatoms. The third-order valence-electron chi connectivity index (χ3n) is 3.31. The minimum atomic E-state index is 0. The monoisotopic (exact) mass is 272 g/mol. The van der Waals surface area contributed by atoms with Crippen molar-refractivity contribution in [3.8, 4) is 0 Å². The summed E-state index contributed by atoms with van der Waals surface area (Å²) in [5.41, 5.74) is 0.816. The van der Waals surface area contributed by atoms with Crippen LogP contribution in [0.2, 0.25) is 0 Å². The molecule has 2 aromatic rings. The number of hydrogen-bond acceptors (Lipinski definition) is 3. The molecule has 2 rings (SSSR count). The number of fused-ring (bicyclic) bond motifs is 1. The Morgan fingerprint density at radius 1 is 1.05 bits per heavy atom. The SMILES string of the molecule is CCCCNCCC(=O)c1ccc2ccccc2c1.N. The van der Waals surface area contributed by atoms with Crippen LogP contribution in [0.5, 0.6) is 0 Å². The Kier molecular flexibility index (Phi) is 6.91. The van der Waals surface area contributed by atoms with E-state index in [0.717, 1.165) is 24.0 Å². The maximum Gasteiger partial charge on any atom is 0.164 e. The molecule has 20 heavy (non-hydrogen) atoms. The van der Waals surface area contributed by atoms with Gasteiger partial charge >= 0.3 is 0 Å². The van der Waals surface area contributed by atoms with Gasteiger partial charge < -0.3 is 11.5 Å². The summed E-state index contributed by atoms with van der Waals surface area (Å²) in [5.74, 6) is 0.217. The molecule has 0 saturated heterocycles. The van der Waals surface area contributed by atoms with Gasteiger partial charge in [0.25, 0.3) is 0 Å². The summed E-state index contributed by atoms with van der Waals surface area (Å²) in [6, 6.07) is 14.1. The number of carbonyl (C=O) groups is 1. The van der Waals surface area contributed by atoms with Crippen LogP contribution < -0.4 is 11.5 Å². The summed E-state index contributed by atoms with van der Waals surface area (Å²) in [5, 5.41) is 5.62. The van der Waals surface area contributed by atoms with Crippen LogP contribution in [0.15, 0.2) is 42.5 Å². The van der Waals surface area contributed by atoms with Crippen molar-refractivity contribution in [2.45, 2.75) is 26.2 Å². The maximum atomic E-state index is 12.1. The lowest BCUT2D eigenvalue weighted by Gasteiger charge is -2.05. The molecule has 108 valence electrons. The number of unbranched alkanes of at least 4 members (excludes halogenated alkanes) is 1. The molecule has 0 aliphatic heterocycles. The standard InChI is InChI=1S/C17H21NO.H3N/c1-2-3-11-18-12-10-17(19)16-9-8-14-6-4-5-7-15(14)13-16;/h4-9,13,18H,2-3,10-12H2,1H3;1H3. The van der Waals surface area contributed by atoms with Crippen molar-refractivity contribution in [3.63, 3.8) is 0 Å². The average molecular weight is 272 g/mol. The molecule has 0 aliphatic rings. The van der Waals surface area contributed by atoms with Gasteiger partial charge in [-0.05, 0) is 29.8 Å². The highest BCUT2D eigenvalue weighted by molar-refractivity contribution is 6.00. The first-order valence-electron chi connectivity index (χ1n) is 7.04. The highest BCUT2D eigenvalue weighted by Gasteiger charge is 2.05. The zero-order valence-corrected chi connectivity index (χ0v) is 12.2. The van der Waals surface area contributed by atoms with E-state index >= 15 is 0 Å². The van der Waals surface area contributed by atoms with Gasteiger partial charge in [0.1, 0.15) is 0 Å². The summed E-state index contributed by atoms with van der Waals surface area (Å²) < 4.78 is 0. The first kappa shape index (κ1) is 16.3. The molecule has 2 aromatic carbocycles. The second-order valence-electron chi connectivity index (χ2n) is 4.84. The fourth-order valence-corrected chi connectivity index (χ4v) is 2.14. The van der Waals surface area contributed by atoms with E-state index < -0.39 is 0 Å². The number of nitrogens with one attached hydrogen (secondary N) is 1. The summed E-state index contributed by atoms with van der Waals surface area (Å²) in [4.78, 5) is 12.1. The minimum absolute atomic E-state index is 0. The molecule has 0 amide bonds. The maximum absolute atomic E-state index is 12.1. The van der Waals surface area contributed by atoms with Crippen LogP contribution in [0.1, 0.15) is 36.5 Å². The van der Waals surface area contributed by atoms with Gasteiger partial charge in [0, 0.05) is 18.5 Å². The fraction of sp³-hybridized carbons (Fsp3) is 0.353. The molecule has 0 spiro atoms. The van der Waals surface area contributed by atoms with Gasteiger partial charge in [0.05, 0.1) is 0 Å². The Balaban J connectivity index is 0.00000200. The van der Waals surface area contributed by atoms with Gasteiger partial charge in [-0.2, -0.15) is 0 Å². The van der Waals surface area contributed by atoms with Crippen molar-refractivity contribution in [3.05, 3.63) is 48.0 Å². The summed E-state index contributed by atoms with van der Waals surface area (Å²) in [6.07, 6.45) is 2.93. The summed E-state index contributed by atoms with van der Waals surface area (Å²) >= 11 is 0. The highest BCUT2D eigenvalue weighted by Crippen LogP contribution is 2.16. The molecule has 0 fully saturated rings. The van der Waals surface area contributed by atoms with E-state index in [4.69, 9.17) is 0 Å². The molecule has 0 aromatic heterocycles. The third kappa shape index (κ3) is 4.44. The van der Waals surface area contributed by atoms with Crippen molar-refractivity contribution in [1.29, 1.82) is 0 Å². The van der Waals surface area contributed by atoms with Crippen LogP contribution in [-0.2, 0) is 0 Å². The van der Waals surface area contributed by atoms with E-state index in [1.54, 1.807) is 0 Å². The quantitative estimate of drug-likeness (QED) is 0.592. The number of rotatable bonds is 7. The number of Topliss-reactive ketones (excluding diaryl/α,β-unsaturated/α-hetero) is 1. The van der Waals surface area contributed by atoms with Crippen molar-refractivity contribution in [2.24, 2.45) is 0 Å². The molecule has 0 aliphatic carbocycles. The Hall–Kier alpha value is -1.71. The molecule has 0 atom stereocenters. The number of benzene rings is 2. The van der Waals surface area contributed by atoms with Crippen molar-refractivity contribution < 1.29 is 4.79 Å². The van der Waals surface area contributed by atoms with Crippen LogP contribution in [-0.4, -0.2) is 18.9 Å². The number of ketones is 1. The molecule has 0 bridgehead atoms. The summed E-state index contributed by atoms with van der Waals surface area (Å²) in [7, 11) is 0. The third-order valence-corrected chi connectivity index (χ3v) is 3.31. The smallest absolute Gasteiger partial charge is 0.164 e. The van der Waals surface area contributed by atoms with Crippen LogP contribution in [0.3, 0.4) is 0 Å². The number of hydrogen-bond donors (Lipinski definition) is 2. The van der Waals surface area contributed by atoms with Gasteiger partial charge in [-0.15, -0.1) is 0 Å². The Bertz CT molecular complexity index is 551. The van der Waals surface area contributed by atoms with Gasteiger partial charge in [0.2, 0.25) is 0 Å². The van der Waals surface area contributed by atoms with E-state index in [2.05, 4.69) is 18.3 Å². The minimum Gasteiger partial charge on any atom is -0.344 e. The van der Waals surface area contributed by atoms with Gasteiger partial charge in [-0.3, -0.25) is 4.79 Å². The lowest BCUT2D eigenvalue weighted by atomic mass is 10.0. The molecular weight excluding hydrogens is 248 g/mol. The second kappa shape index (κ2) is 8.46. The molecular formula is C17H24N2O. The van der Waals surface area contributed by atoms with Gasteiger partial charge in [0.15, 0.2) is 5.78 Å². The van der Waals surface area contributed by atoms with E-state index in [9.17, 15) is 4.79 Å². The normalized spacial score (nSPS) is 10.2. The van der Waals surface area contributed by atoms with E-state index in [0.29, 0.717) is 6.42 Å². The van der Waals surface area contributed by atoms with Crippen LogP contribution in [0.4, 0.5) is 0 Å². The Morgan fingerprint density at radius 3 is 2.55 bits per heavy atom. The number of carbonyl (C=O) groups excluding carboxylic acids is 1. The van der Waals surface area contributed by atoms with E-state index in [-0.39, 0.29) is 11.9 Å². The molecule has 4 N–H and O–H groups in total. The zero-order chi connectivity index (χ0) is 13.5. The fourth-order valence-electron chi connectivity index (χ4n) is 2.14. The van der Waals surface area contributed by atoms with E-state index in [1.165, 1.54) is 18.2 Å². The predicted octanol–water partition coefficient (Wildman–Crippen LogP) is 3.96. The van der Waals surface area contributed by atoms with Gasteiger partial charge in [-0.1, -0.05) is 49.7 Å². The molecule has 0 radical (unpaired) electrons. The van der Waals surface area contributed by atoms with Crippen LogP contribution in [0, 0.1) is 0 Å². The van der Waals surface area contributed by atoms with Gasteiger partial charge in [-0.25, -0.2) is 0 Å². The van der Waals surface area contributed by atoms with Crippen LogP contribution in [0.25, 0.3) is 10.8 Å². The average Bonchev–Trinajstić information content (AvgIpc) is 2.46. The first-order valence-corrected chi connectivity index (χ1v) is 7.04. The van der Waals surface area contributed by atoms with Crippen molar-refractivity contribution in [2.75, 3.05) is 13.1 Å². The van der Waals surface area contributed by atoms with E-state index in [1.807, 2.05) is 36.4 Å². The molecule has 0 heterocycles. The molecule has 3 nitrogen and oxygen atoms in total. The lowest BCUT2D eigenvalue weighted by molar-refractivity contribution is 0.0983. The molecule has 0 saturated carbocycles.